The summed E-state index contributed by atoms with van der Waals surface area (Å²) in [5.74, 6) is 0.0130. The van der Waals surface area contributed by atoms with Gasteiger partial charge >= 0.3 is 0 Å². The number of nitrogens with one attached hydrogen (secondary N) is 1. The minimum absolute atomic E-state index is 0.0130. The fourth-order valence-corrected chi connectivity index (χ4v) is 3.46. The molecule has 1 amide bonds. The van der Waals surface area contributed by atoms with Crippen LogP contribution in [0.25, 0.3) is 0 Å². The molecule has 5 nitrogen and oxygen atoms in total. The van der Waals surface area contributed by atoms with Gasteiger partial charge in [-0.3, -0.25) is 9.69 Å². The molecule has 0 unspecified atom stereocenters. The molecule has 0 aliphatic carbocycles. The number of hydrogen-bond donors (Lipinski definition) is 2. The Hall–Kier alpha value is -1.92. The number of para-hydroxylation sites is 1. The van der Waals surface area contributed by atoms with E-state index >= 15 is 0 Å². The normalized spacial score (nSPS) is 14.1. The maximum Gasteiger partial charge on any atom is 0.238 e. The molecule has 0 bridgehead atoms. The average molecular weight is 302 g/mol. The number of nitrogen functional groups attached to an aromatic ring is 1. The van der Waals surface area contributed by atoms with Crippen molar-refractivity contribution >= 4 is 28.1 Å². The van der Waals surface area contributed by atoms with E-state index in [0.717, 1.165) is 29.9 Å². The summed E-state index contributed by atoms with van der Waals surface area (Å²) in [6.45, 7) is 3.92. The number of thiazole rings is 1. The number of rotatable bonds is 4. The highest BCUT2D eigenvalue weighted by atomic mass is 32.1. The first-order valence-electron chi connectivity index (χ1n) is 7.00. The molecule has 1 aliphatic rings. The van der Waals surface area contributed by atoms with Crippen LogP contribution in [0, 0.1) is 0 Å². The van der Waals surface area contributed by atoms with Crippen LogP contribution >= 0.6 is 11.3 Å². The minimum atomic E-state index is 0.0130. The quantitative estimate of drug-likeness (QED) is 0.908. The molecule has 6 heteroatoms. The molecule has 2 heterocycles. The van der Waals surface area contributed by atoms with E-state index in [2.05, 4.69) is 22.1 Å². The van der Waals surface area contributed by atoms with Gasteiger partial charge in [-0.1, -0.05) is 25.1 Å². The van der Waals surface area contributed by atoms with Crippen LogP contribution in [-0.4, -0.2) is 22.3 Å². The van der Waals surface area contributed by atoms with Crippen molar-refractivity contribution in [2.75, 3.05) is 17.6 Å². The minimum Gasteiger partial charge on any atom is -0.375 e. The largest absolute Gasteiger partial charge is 0.375 e. The molecule has 0 radical (unpaired) electrons. The Morgan fingerprint density at radius 3 is 3.00 bits per heavy atom. The highest BCUT2D eigenvalue weighted by Gasteiger charge is 2.24. The van der Waals surface area contributed by atoms with E-state index in [4.69, 9.17) is 5.73 Å². The number of fused-ring (bicyclic) bond motifs is 1. The van der Waals surface area contributed by atoms with Crippen molar-refractivity contribution in [2.24, 2.45) is 0 Å². The Balaban J connectivity index is 1.59. The average Bonchev–Trinajstić information content (AvgIpc) is 2.95. The Morgan fingerprint density at radius 1 is 1.43 bits per heavy atom. The molecule has 1 aliphatic heterocycles. The molecular formula is C15H18N4OS. The number of amides is 1. The number of benzene rings is 1. The SMILES string of the molecule is CCc1ccccc1NC(=O)CN1Cc2nc(N)sc2C1. The van der Waals surface area contributed by atoms with Gasteiger partial charge in [-0.25, -0.2) is 4.98 Å². The Morgan fingerprint density at radius 2 is 2.24 bits per heavy atom. The lowest BCUT2D eigenvalue weighted by Gasteiger charge is -2.15. The molecule has 3 rings (SSSR count). The zero-order valence-corrected chi connectivity index (χ0v) is 12.7. The second-order valence-electron chi connectivity index (χ2n) is 5.13. The zero-order chi connectivity index (χ0) is 14.8. The molecule has 0 fully saturated rings. The summed E-state index contributed by atoms with van der Waals surface area (Å²) >= 11 is 1.51. The van der Waals surface area contributed by atoms with Crippen LogP contribution in [0.15, 0.2) is 24.3 Å². The third-order valence-electron chi connectivity index (χ3n) is 3.57. The van der Waals surface area contributed by atoms with Crippen LogP contribution in [0.4, 0.5) is 10.8 Å². The molecule has 110 valence electrons. The van der Waals surface area contributed by atoms with E-state index in [0.29, 0.717) is 18.2 Å². The lowest BCUT2D eigenvalue weighted by atomic mass is 10.1. The van der Waals surface area contributed by atoms with Gasteiger partial charge in [0, 0.05) is 23.7 Å². The summed E-state index contributed by atoms with van der Waals surface area (Å²) in [5, 5.41) is 3.61. The van der Waals surface area contributed by atoms with Gasteiger partial charge in [0.05, 0.1) is 12.2 Å². The summed E-state index contributed by atoms with van der Waals surface area (Å²) < 4.78 is 0. The molecule has 2 aromatic rings. The fourth-order valence-electron chi connectivity index (χ4n) is 2.58. The number of anilines is 2. The standard InChI is InChI=1S/C15H18N4OS/c1-2-10-5-3-4-6-11(10)17-14(20)9-19-7-12-13(8-19)21-15(16)18-12/h3-6H,2,7-9H2,1H3,(H2,16,18)(H,17,20). The molecule has 0 atom stereocenters. The van der Waals surface area contributed by atoms with Crippen LogP contribution in [0.5, 0.6) is 0 Å². The van der Waals surface area contributed by atoms with Crippen molar-refractivity contribution in [3.05, 3.63) is 40.4 Å². The van der Waals surface area contributed by atoms with E-state index in [-0.39, 0.29) is 5.91 Å². The number of aromatic nitrogens is 1. The zero-order valence-electron chi connectivity index (χ0n) is 11.9. The van der Waals surface area contributed by atoms with Crippen molar-refractivity contribution in [3.63, 3.8) is 0 Å². The van der Waals surface area contributed by atoms with Crippen LogP contribution in [0.3, 0.4) is 0 Å². The predicted octanol–water partition coefficient (Wildman–Crippen LogP) is 2.24. The van der Waals surface area contributed by atoms with Crippen LogP contribution in [-0.2, 0) is 24.3 Å². The number of carbonyl (C=O) groups is 1. The number of nitrogens with zero attached hydrogens (tertiary/aromatic N) is 2. The topological polar surface area (TPSA) is 71.2 Å². The summed E-state index contributed by atoms with van der Waals surface area (Å²) in [7, 11) is 0. The highest BCUT2D eigenvalue weighted by molar-refractivity contribution is 7.15. The molecule has 21 heavy (non-hydrogen) atoms. The van der Waals surface area contributed by atoms with Gasteiger partial charge in [0.15, 0.2) is 5.13 Å². The molecule has 1 aromatic carbocycles. The third kappa shape index (κ3) is 3.06. The van der Waals surface area contributed by atoms with E-state index in [1.165, 1.54) is 16.2 Å². The summed E-state index contributed by atoms with van der Waals surface area (Å²) in [6.07, 6.45) is 0.903. The number of aryl methyl sites for hydroxylation is 1. The van der Waals surface area contributed by atoms with E-state index in [9.17, 15) is 4.79 Å². The Labute approximate surface area is 127 Å². The highest BCUT2D eigenvalue weighted by Crippen LogP contribution is 2.29. The summed E-state index contributed by atoms with van der Waals surface area (Å²) in [5.41, 5.74) is 8.75. The smallest absolute Gasteiger partial charge is 0.238 e. The Kier molecular flexibility index (Phi) is 3.90. The lowest BCUT2D eigenvalue weighted by molar-refractivity contribution is -0.117. The van der Waals surface area contributed by atoms with Crippen molar-refractivity contribution in [1.82, 2.24) is 9.88 Å². The maximum atomic E-state index is 12.2. The molecule has 0 saturated carbocycles. The molecule has 0 saturated heterocycles. The van der Waals surface area contributed by atoms with Crippen LogP contribution in [0.1, 0.15) is 23.1 Å². The van der Waals surface area contributed by atoms with Crippen molar-refractivity contribution in [2.45, 2.75) is 26.4 Å². The monoisotopic (exact) mass is 302 g/mol. The fraction of sp³-hybridized carbons (Fsp3) is 0.333. The number of nitrogens with two attached hydrogens (primary N) is 1. The van der Waals surface area contributed by atoms with Gasteiger partial charge < -0.3 is 11.1 Å². The van der Waals surface area contributed by atoms with Crippen LogP contribution in [0.2, 0.25) is 0 Å². The molecule has 3 N–H and O–H groups in total. The first-order valence-corrected chi connectivity index (χ1v) is 7.81. The summed E-state index contributed by atoms with van der Waals surface area (Å²) in [6, 6.07) is 7.91. The molecular weight excluding hydrogens is 284 g/mol. The van der Waals surface area contributed by atoms with Crippen molar-refractivity contribution in [1.29, 1.82) is 0 Å². The number of carbonyl (C=O) groups excluding carboxylic acids is 1. The molecule has 1 aromatic heterocycles. The van der Waals surface area contributed by atoms with Gasteiger partial charge in [0.2, 0.25) is 5.91 Å². The van der Waals surface area contributed by atoms with Crippen molar-refractivity contribution < 1.29 is 4.79 Å². The second-order valence-corrected chi connectivity index (χ2v) is 6.24. The maximum absolute atomic E-state index is 12.2. The van der Waals surface area contributed by atoms with Gasteiger partial charge in [-0.15, -0.1) is 11.3 Å². The van der Waals surface area contributed by atoms with Crippen molar-refractivity contribution in [3.8, 4) is 0 Å². The van der Waals surface area contributed by atoms with E-state index < -0.39 is 0 Å². The lowest BCUT2D eigenvalue weighted by Crippen LogP contribution is -2.29. The Bertz CT molecular complexity index is 644. The van der Waals surface area contributed by atoms with Gasteiger partial charge in [-0.2, -0.15) is 0 Å². The third-order valence-corrected chi connectivity index (χ3v) is 4.49. The van der Waals surface area contributed by atoms with Crippen LogP contribution < -0.4 is 11.1 Å². The van der Waals surface area contributed by atoms with Gasteiger partial charge in [0.1, 0.15) is 0 Å². The predicted molar refractivity (Wildman–Crippen MR) is 85.1 cm³/mol. The first kappa shape index (κ1) is 14.0. The van der Waals surface area contributed by atoms with Gasteiger partial charge in [-0.05, 0) is 18.1 Å². The van der Waals surface area contributed by atoms with E-state index in [1.807, 2.05) is 24.3 Å². The number of hydrogen-bond acceptors (Lipinski definition) is 5. The molecule has 0 spiro atoms. The first-order chi connectivity index (χ1) is 10.2. The summed E-state index contributed by atoms with van der Waals surface area (Å²) in [4.78, 5) is 19.7. The second kappa shape index (κ2) is 5.83. The van der Waals surface area contributed by atoms with E-state index in [1.54, 1.807) is 0 Å². The van der Waals surface area contributed by atoms with Gasteiger partial charge in [0.25, 0.3) is 0 Å².